The third-order valence-electron chi connectivity index (χ3n) is 17.1. The van der Waals surface area contributed by atoms with Gasteiger partial charge in [0.2, 0.25) is 5.95 Å². The number of carbonyl (C=O) groups excluding carboxylic acids is 5. The van der Waals surface area contributed by atoms with Gasteiger partial charge in [-0.25, -0.2) is 26.8 Å². The number of aryl methyl sites for hydroxylation is 1. The van der Waals surface area contributed by atoms with Gasteiger partial charge < -0.3 is 26.6 Å². The van der Waals surface area contributed by atoms with Gasteiger partial charge in [-0.2, -0.15) is 4.39 Å². The lowest BCUT2D eigenvalue weighted by molar-refractivity contribution is 0.101. The number of anilines is 5. The van der Waals surface area contributed by atoms with Crippen molar-refractivity contribution in [2.45, 2.75) is 16.7 Å². The molecule has 0 spiro atoms. The predicted octanol–water partition coefficient (Wildman–Crippen LogP) is 23.3. The van der Waals surface area contributed by atoms with Crippen LogP contribution in [0.3, 0.4) is 0 Å². The predicted molar refractivity (Wildman–Crippen MR) is 485 cm³/mol. The van der Waals surface area contributed by atoms with Crippen LogP contribution in [0.25, 0.3) is 56.3 Å². The van der Waals surface area contributed by atoms with Crippen molar-refractivity contribution in [2.75, 3.05) is 39.1 Å². The lowest BCUT2D eigenvalue weighted by Gasteiger charge is -2.11. The Morgan fingerprint density at radius 3 is 1.03 bits per heavy atom. The summed E-state index contributed by atoms with van der Waals surface area (Å²) in [5, 5.41) is 18.7. The fraction of sp³-hybridized carbons (Fsp3) is 0.0337. The molecule has 0 aliphatic carbocycles. The minimum Gasteiger partial charge on any atom is -0.322 e. The van der Waals surface area contributed by atoms with Gasteiger partial charge >= 0.3 is 0 Å². The second-order valence-corrected chi connectivity index (χ2v) is 33.9. The van der Waals surface area contributed by atoms with E-state index in [0.717, 1.165) is 34.9 Å². The first kappa shape index (κ1) is 90.6. The maximum atomic E-state index is 13.5. The van der Waals surface area contributed by atoms with Crippen molar-refractivity contribution in [3.8, 4) is 56.3 Å². The highest BCUT2D eigenvalue weighted by molar-refractivity contribution is 7.91. The third kappa shape index (κ3) is 25.0. The molecular weight excluding hydrogens is 1780 g/mol. The topological polar surface area (TPSA) is 304 Å². The number of nitrogens with zero attached hydrogens (tertiary/aromatic N) is 7. The maximum Gasteiger partial charge on any atom is 0.265 e. The Morgan fingerprint density at radius 2 is 0.680 bits per heavy atom. The van der Waals surface area contributed by atoms with Gasteiger partial charge in [0.15, 0.2) is 19.7 Å². The van der Waals surface area contributed by atoms with E-state index in [1.165, 1.54) is 78.2 Å². The molecule has 122 heavy (non-hydrogen) atoms. The van der Waals surface area contributed by atoms with Crippen LogP contribution in [0.5, 0.6) is 0 Å². The number of halogens is 9. The normalized spacial score (nSPS) is 10.8. The summed E-state index contributed by atoms with van der Waals surface area (Å²) in [6, 6.07) is 70.8. The number of pyridine rings is 7. The molecule has 0 aliphatic rings. The molecule has 0 radical (unpaired) electrons. The SMILES string of the molecule is CS(=O)(=O)c1ccc(Cl)c(C(=O)Nc2ccc(Cl)c(-c3ccccn3)c2)c1.CS(=O)(=O)c1cccc(C(=O)Nc2ccc(Cl)c(-c3ccccn3)c2)c1.Cc1ccsc1C(=O)Nc1ccc(Cl)c(-c2ccccn2)c1.O=C(Nc1ccc(Cl)c(-c2ccccn2)c1)c1ccc(Cl)nc1Cl.O=C(Nc1ccc(Cl)c(-c2ccccn2)c1)c1cccnc1F. The second-order valence-electron chi connectivity index (χ2n) is 25.8. The minimum absolute atomic E-state index is 0.0160. The molecule has 15 aromatic rings. The summed E-state index contributed by atoms with van der Waals surface area (Å²) in [7, 11) is -6.85. The molecular formula is C89H63Cl8FN12O9S3. The Hall–Kier alpha value is -12.2. The molecule has 0 fully saturated rings. The van der Waals surface area contributed by atoms with E-state index in [0.29, 0.717) is 97.9 Å². The molecule has 15 rings (SSSR count). The minimum atomic E-state index is -3.46. The van der Waals surface area contributed by atoms with E-state index in [1.807, 2.05) is 91.2 Å². The largest absolute Gasteiger partial charge is 0.322 e. The zero-order valence-corrected chi connectivity index (χ0v) is 72.2. The summed E-state index contributed by atoms with van der Waals surface area (Å²) in [6.45, 7) is 1.92. The molecule has 0 bridgehead atoms. The average molecular weight is 1840 g/mol. The van der Waals surface area contributed by atoms with Crippen LogP contribution in [0.15, 0.2) is 307 Å². The van der Waals surface area contributed by atoms with Crippen LogP contribution in [0, 0.1) is 12.9 Å². The van der Waals surface area contributed by atoms with E-state index < -0.39 is 49.3 Å². The fourth-order valence-electron chi connectivity index (χ4n) is 11.1. The van der Waals surface area contributed by atoms with E-state index in [1.54, 1.807) is 146 Å². The van der Waals surface area contributed by atoms with Crippen molar-refractivity contribution in [1.82, 2.24) is 34.9 Å². The van der Waals surface area contributed by atoms with E-state index in [4.69, 9.17) is 92.8 Å². The number of aromatic nitrogens is 7. The number of carbonyl (C=O) groups is 5. The zero-order valence-electron chi connectivity index (χ0n) is 63.7. The molecule has 5 N–H and O–H groups in total. The number of amides is 5. The highest BCUT2D eigenvalue weighted by Crippen LogP contribution is 2.36. The van der Waals surface area contributed by atoms with Crippen LogP contribution in [-0.2, 0) is 19.7 Å². The van der Waals surface area contributed by atoms with Gasteiger partial charge in [-0.3, -0.25) is 48.9 Å². The van der Waals surface area contributed by atoms with Crippen LogP contribution in [0.4, 0.5) is 32.8 Å². The monoisotopic (exact) mass is 1840 g/mol. The maximum absolute atomic E-state index is 13.5. The van der Waals surface area contributed by atoms with Crippen LogP contribution >= 0.6 is 104 Å². The number of nitrogens with one attached hydrogen (secondary N) is 5. The number of hydrogen-bond donors (Lipinski definition) is 5. The second kappa shape index (κ2) is 42.3. The Morgan fingerprint density at radius 1 is 0.328 bits per heavy atom. The van der Waals surface area contributed by atoms with Crippen molar-refractivity contribution >= 4 is 182 Å². The van der Waals surface area contributed by atoms with Gasteiger partial charge in [0.1, 0.15) is 10.3 Å². The van der Waals surface area contributed by atoms with Crippen LogP contribution in [0.1, 0.15) is 56.7 Å². The number of benzene rings is 7. The first-order valence-corrected chi connectivity index (χ1v) is 43.5. The third-order valence-corrected chi connectivity index (χ3v) is 22.8. The number of thiophene rings is 1. The first-order valence-electron chi connectivity index (χ1n) is 35.8. The molecule has 0 unspecified atom stereocenters. The van der Waals surface area contributed by atoms with Crippen molar-refractivity contribution < 1.29 is 45.2 Å². The summed E-state index contributed by atoms with van der Waals surface area (Å²) in [6.07, 6.45) is 11.8. The quantitative estimate of drug-likeness (QED) is 0.0529. The number of hydrogen-bond acceptors (Lipinski definition) is 17. The molecule has 0 saturated carbocycles. The number of rotatable bonds is 17. The van der Waals surface area contributed by atoms with Gasteiger partial charge in [0, 0.05) is 112 Å². The summed E-state index contributed by atoms with van der Waals surface area (Å²) < 4.78 is 60.3. The number of sulfone groups is 2. The Kier molecular flexibility index (Phi) is 31.4. The summed E-state index contributed by atoms with van der Waals surface area (Å²) >= 11 is 50.3. The summed E-state index contributed by atoms with van der Waals surface area (Å²) in [5.74, 6) is -2.83. The van der Waals surface area contributed by atoms with Gasteiger partial charge in [-0.15, -0.1) is 11.3 Å². The van der Waals surface area contributed by atoms with Gasteiger partial charge in [0.25, 0.3) is 29.5 Å². The highest BCUT2D eigenvalue weighted by Gasteiger charge is 2.21. The Balaban J connectivity index is 0.000000149. The standard InChI is InChI=1S/C19H14Cl2N2O3S.C19H15ClN2O3S.C17H10Cl3N3O.C17H11ClFN3O.C17H13ClN2OS/c1-27(25,26)13-6-8-17(21)15(11-13)19(24)23-12-5-7-16(20)14(10-12)18-4-2-3-9-22-18;1-26(24,25)15-6-4-5-13(11-15)19(23)22-14-8-9-17(20)16(12-14)18-7-2-3-10-21-18;18-13-6-4-10(9-12(13)14-3-1-2-8-21-14)22-17(24)11-5-7-15(19)23-16(11)20;18-14-7-6-11(10-13(14)15-5-1-2-8-20-15)22-17(23)12-4-3-9-21-16(12)19;1-11-7-9-22-16(11)17(21)20-12-5-6-14(18)13(10-12)15-4-2-3-8-19-15/h2-11H,1H3,(H,23,24);2-12H,1H3,(H,22,23);1-9H,(H,22,24);1-10H,(H,22,23);2-10H,1H3,(H,20,21). The summed E-state index contributed by atoms with van der Waals surface area (Å²) in [4.78, 5) is 91.3. The Labute approximate surface area is 744 Å². The molecule has 21 nitrogen and oxygen atoms in total. The van der Waals surface area contributed by atoms with Gasteiger partial charge in [-0.05, 0) is 236 Å². The van der Waals surface area contributed by atoms with Crippen LogP contribution in [-0.4, -0.2) is 93.8 Å². The highest BCUT2D eigenvalue weighted by atomic mass is 35.5. The molecule has 0 atom stereocenters. The molecule has 8 aromatic heterocycles. The van der Waals surface area contributed by atoms with E-state index in [9.17, 15) is 45.2 Å². The smallest absolute Gasteiger partial charge is 0.265 e. The lowest BCUT2D eigenvalue weighted by atomic mass is 10.1. The van der Waals surface area contributed by atoms with Crippen molar-refractivity contribution in [3.63, 3.8) is 0 Å². The average Bonchev–Trinajstić information content (AvgIpc) is 0.833. The first-order chi connectivity index (χ1) is 58.4. The lowest BCUT2D eigenvalue weighted by Crippen LogP contribution is -2.14. The van der Waals surface area contributed by atoms with Gasteiger partial charge in [0.05, 0.1) is 90.0 Å². The van der Waals surface area contributed by atoms with E-state index in [2.05, 4.69) is 61.5 Å². The fourth-order valence-corrected chi connectivity index (χ4v) is 15.0. The van der Waals surface area contributed by atoms with Crippen molar-refractivity contribution in [2.24, 2.45) is 0 Å². The molecule has 0 saturated heterocycles. The van der Waals surface area contributed by atoms with Crippen molar-refractivity contribution in [1.29, 1.82) is 0 Å². The molecule has 8 heterocycles. The molecule has 0 aliphatic heterocycles. The van der Waals surface area contributed by atoms with Gasteiger partial charge in [-0.1, -0.05) is 129 Å². The molecule has 5 amide bonds. The van der Waals surface area contributed by atoms with Crippen LogP contribution < -0.4 is 26.6 Å². The van der Waals surface area contributed by atoms with Crippen LogP contribution in [0.2, 0.25) is 40.4 Å². The molecule has 7 aromatic carbocycles. The molecule has 614 valence electrons. The summed E-state index contributed by atoms with van der Waals surface area (Å²) in [5.41, 5.74) is 11.2. The Bertz CT molecular complexity index is 6590. The van der Waals surface area contributed by atoms with E-state index in [-0.39, 0.29) is 53.3 Å². The van der Waals surface area contributed by atoms with Crippen molar-refractivity contribution in [3.05, 3.63) is 376 Å². The zero-order chi connectivity index (χ0) is 87.2. The van der Waals surface area contributed by atoms with E-state index >= 15 is 0 Å². The molecule has 33 heteroatoms.